The number of hydrogen-bond acceptors (Lipinski definition) is 6. The van der Waals surface area contributed by atoms with Gasteiger partial charge in [0.05, 0.1) is 17.7 Å². The third-order valence-corrected chi connectivity index (χ3v) is 5.56. The van der Waals surface area contributed by atoms with E-state index in [2.05, 4.69) is 9.71 Å². The van der Waals surface area contributed by atoms with Crippen LogP contribution in [-0.2, 0) is 10.0 Å². The van der Waals surface area contributed by atoms with Gasteiger partial charge >= 0.3 is 0 Å². The van der Waals surface area contributed by atoms with Gasteiger partial charge in [0.2, 0.25) is 5.89 Å². The first-order valence-corrected chi connectivity index (χ1v) is 9.86. The highest BCUT2D eigenvalue weighted by Crippen LogP contribution is 2.28. The van der Waals surface area contributed by atoms with E-state index in [1.807, 2.05) is 24.3 Å². The Kier molecular flexibility index (Phi) is 4.40. The molecular weight excluding hydrogens is 378 g/mol. The number of sulfonamides is 1. The summed E-state index contributed by atoms with van der Waals surface area (Å²) in [6.07, 6.45) is 0. The first kappa shape index (κ1) is 17.9. The molecule has 0 fully saturated rings. The van der Waals surface area contributed by atoms with Gasteiger partial charge in [-0.05, 0) is 66.7 Å². The molecule has 0 saturated heterocycles. The van der Waals surface area contributed by atoms with E-state index in [1.54, 1.807) is 25.3 Å². The van der Waals surface area contributed by atoms with Gasteiger partial charge in [-0.25, -0.2) is 13.4 Å². The van der Waals surface area contributed by atoms with Gasteiger partial charge in [-0.15, -0.1) is 0 Å². The van der Waals surface area contributed by atoms with Crippen LogP contribution >= 0.6 is 0 Å². The summed E-state index contributed by atoms with van der Waals surface area (Å²) in [4.78, 5) is 4.58. The Balaban J connectivity index is 1.63. The van der Waals surface area contributed by atoms with Crippen molar-refractivity contribution in [3.8, 4) is 17.2 Å². The van der Waals surface area contributed by atoms with E-state index < -0.39 is 10.0 Å². The Morgan fingerprint density at radius 2 is 1.71 bits per heavy atom. The minimum Gasteiger partial charge on any atom is -0.497 e. The van der Waals surface area contributed by atoms with Crippen LogP contribution in [0.4, 0.5) is 11.4 Å². The van der Waals surface area contributed by atoms with E-state index in [0.29, 0.717) is 28.4 Å². The summed E-state index contributed by atoms with van der Waals surface area (Å²) >= 11 is 0. The lowest BCUT2D eigenvalue weighted by Gasteiger charge is -2.08. The SMILES string of the molecule is COc1ccc(-c2nc3cc(NS(=O)(=O)c4ccc(N)cc4)ccc3o2)cc1. The average Bonchev–Trinajstić information content (AvgIpc) is 3.11. The number of oxazole rings is 1. The molecule has 4 aromatic rings. The summed E-state index contributed by atoms with van der Waals surface area (Å²) in [5.41, 5.74) is 8.39. The third kappa shape index (κ3) is 3.49. The van der Waals surface area contributed by atoms with Crippen LogP contribution in [-0.4, -0.2) is 20.5 Å². The van der Waals surface area contributed by atoms with Crippen molar-refractivity contribution in [3.63, 3.8) is 0 Å². The lowest BCUT2D eigenvalue weighted by molar-refractivity contribution is 0.415. The molecule has 28 heavy (non-hydrogen) atoms. The number of hydrogen-bond donors (Lipinski definition) is 2. The zero-order chi connectivity index (χ0) is 19.7. The van der Waals surface area contributed by atoms with E-state index in [9.17, 15) is 8.42 Å². The number of nitrogen functional groups attached to an aromatic ring is 1. The maximum atomic E-state index is 12.5. The molecule has 142 valence electrons. The molecule has 0 atom stereocenters. The minimum atomic E-state index is -3.73. The van der Waals surface area contributed by atoms with Crippen LogP contribution in [0.15, 0.2) is 76.0 Å². The van der Waals surface area contributed by atoms with Crippen molar-refractivity contribution in [2.75, 3.05) is 17.6 Å². The monoisotopic (exact) mass is 395 g/mol. The minimum absolute atomic E-state index is 0.126. The fourth-order valence-corrected chi connectivity index (χ4v) is 3.76. The fourth-order valence-electron chi connectivity index (χ4n) is 2.71. The number of anilines is 2. The number of methoxy groups -OCH3 is 1. The zero-order valence-corrected chi connectivity index (χ0v) is 15.7. The molecule has 3 N–H and O–H groups in total. The maximum Gasteiger partial charge on any atom is 0.261 e. The Hall–Kier alpha value is -3.52. The van der Waals surface area contributed by atoms with E-state index >= 15 is 0 Å². The molecule has 3 aromatic carbocycles. The van der Waals surface area contributed by atoms with Gasteiger partial charge in [0.1, 0.15) is 11.3 Å². The van der Waals surface area contributed by atoms with Crippen molar-refractivity contribution < 1.29 is 17.6 Å². The lowest BCUT2D eigenvalue weighted by Crippen LogP contribution is -2.12. The average molecular weight is 395 g/mol. The number of nitrogens with two attached hydrogens (primary N) is 1. The normalized spacial score (nSPS) is 11.5. The Morgan fingerprint density at radius 1 is 1.00 bits per heavy atom. The summed E-state index contributed by atoms with van der Waals surface area (Å²) < 4.78 is 38.5. The van der Waals surface area contributed by atoms with Crippen molar-refractivity contribution in [2.24, 2.45) is 0 Å². The van der Waals surface area contributed by atoms with Crippen LogP contribution in [0.3, 0.4) is 0 Å². The highest BCUT2D eigenvalue weighted by Gasteiger charge is 2.15. The highest BCUT2D eigenvalue weighted by atomic mass is 32.2. The highest BCUT2D eigenvalue weighted by molar-refractivity contribution is 7.92. The van der Waals surface area contributed by atoms with Crippen molar-refractivity contribution in [2.45, 2.75) is 4.90 Å². The van der Waals surface area contributed by atoms with Crippen LogP contribution in [0.1, 0.15) is 0 Å². The van der Waals surface area contributed by atoms with Crippen molar-refractivity contribution in [1.29, 1.82) is 0 Å². The fraction of sp³-hybridized carbons (Fsp3) is 0.0500. The molecular formula is C20H17N3O4S. The number of ether oxygens (including phenoxy) is 1. The number of benzene rings is 3. The van der Waals surface area contributed by atoms with Gasteiger partial charge < -0.3 is 14.9 Å². The quantitative estimate of drug-likeness (QED) is 0.497. The molecule has 0 unspecified atom stereocenters. The number of aromatic nitrogens is 1. The molecule has 0 amide bonds. The molecule has 8 heteroatoms. The van der Waals surface area contributed by atoms with Crippen molar-refractivity contribution in [3.05, 3.63) is 66.7 Å². The molecule has 0 saturated carbocycles. The third-order valence-electron chi connectivity index (χ3n) is 4.17. The number of nitrogens with zero attached hydrogens (tertiary/aromatic N) is 1. The van der Waals surface area contributed by atoms with E-state index in [0.717, 1.165) is 11.3 Å². The molecule has 4 rings (SSSR count). The number of fused-ring (bicyclic) bond motifs is 1. The van der Waals surface area contributed by atoms with Gasteiger partial charge in [-0.1, -0.05) is 0 Å². The van der Waals surface area contributed by atoms with Gasteiger partial charge in [0.25, 0.3) is 10.0 Å². The van der Waals surface area contributed by atoms with E-state index in [1.165, 1.54) is 24.3 Å². The molecule has 0 radical (unpaired) electrons. The Labute approximate surface area is 161 Å². The molecule has 0 bridgehead atoms. The summed E-state index contributed by atoms with van der Waals surface area (Å²) in [7, 11) is -2.13. The lowest BCUT2D eigenvalue weighted by atomic mass is 10.2. The summed E-state index contributed by atoms with van der Waals surface area (Å²) in [5.74, 6) is 1.18. The molecule has 0 aliphatic carbocycles. The van der Waals surface area contributed by atoms with Crippen LogP contribution < -0.4 is 15.2 Å². The summed E-state index contributed by atoms with van der Waals surface area (Å²) in [5, 5.41) is 0. The molecule has 0 spiro atoms. The second-order valence-electron chi connectivity index (χ2n) is 6.10. The summed E-state index contributed by atoms with van der Waals surface area (Å²) in [6, 6.07) is 18.2. The Morgan fingerprint density at radius 3 is 2.39 bits per heavy atom. The molecule has 0 aliphatic heterocycles. The molecule has 1 aromatic heterocycles. The van der Waals surface area contributed by atoms with Crippen LogP contribution in [0, 0.1) is 0 Å². The maximum absolute atomic E-state index is 12.5. The predicted octanol–water partition coefficient (Wildman–Crippen LogP) is 3.89. The number of nitrogens with one attached hydrogen (secondary N) is 1. The van der Waals surface area contributed by atoms with Crippen LogP contribution in [0.25, 0.3) is 22.6 Å². The van der Waals surface area contributed by atoms with Crippen LogP contribution in [0.5, 0.6) is 5.75 Å². The molecule has 1 heterocycles. The molecule has 0 aliphatic rings. The van der Waals surface area contributed by atoms with Gasteiger partial charge in [-0.2, -0.15) is 0 Å². The van der Waals surface area contributed by atoms with Crippen LogP contribution in [0.2, 0.25) is 0 Å². The van der Waals surface area contributed by atoms with Gasteiger partial charge in [0, 0.05) is 11.3 Å². The molecule has 7 nitrogen and oxygen atoms in total. The van der Waals surface area contributed by atoms with Gasteiger partial charge in [-0.3, -0.25) is 4.72 Å². The smallest absolute Gasteiger partial charge is 0.261 e. The van der Waals surface area contributed by atoms with E-state index in [4.69, 9.17) is 14.9 Å². The first-order chi connectivity index (χ1) is 13.4. The van der Waals surface area contributed by atoms with Crippen molar-refractivity contribution >= 4 is 32.5 Å². The standard InChI is InChI=1S/C20H17N3O4S/c1-26-16-7-2-13(3-8-16)20-22-18-12-15(6-11-19(18)27-20)23-28(24,25)17-9-4-14(21)5-10-17/h2-12,23H,21H2,1H3. The Bertz CT molecular complexity index is 1230. The predicted molar refractivity (Wildman–Crippen MR) is 108 cm³/mol. The first-order valence-electron chi connectivity index (χ1n) is 8.38. The van der Waals surface area contributed by atoms with Crippen molar-refractivity contribution in [1.82, 2.24) is 4.98 Å². The van der Waals surface area contributed by atoms with Gasteiger partial charge in [0.15, 0.2) is 5.58 Å². The zero-order valence-electron chi connectivity index (χ0n) is 14.9. The topological polar surface area (TPSA) is 107 Å². The number of rotatable bonds is 5. The van der Waals surface area contributed by atoms with E-state index in [-0.39, 0.29) is 4.90 Å². The second kappa shape index (κ2) is 6.90. The summed E-state index contributed by atoms with van der Waals surface area (Å²) in [6.45, 7) is 0. The second-order valence-corrected chi connectivity index (χ2v) is 7.79. The largest absolute Gasteiger partial charge is 0.497 e.